The van der Waals surface area contributed by atoms with E-state index in [0.29, 0.717) is 17.4 Å². The zero-order valence-corrected chi connectivity index (χ0v) is 11.3. The van der Waals surface area contributed by atoms with Gasteiger partial charge in [-0.3, -0.25) is 9.48 Å². The molecule has 0 radical (unpaired) electrons. The van der Waals surface area contributed by atoms with E-state index < -0.39 is 0 Å². The Labute approximate surface area is 109 Å². The maximum atomic E-state index is 11.4. The van der Waals surface area contributed by atoms with E-state index in [2.05, 4.69) is 15.1 Å². The van der Waals surface area contributed by atoms with Crippen molar-refractivity contribution in [3.05, 3.63) is 33.4 Å². The Hall–Kier alpha value is -1.60. The van der Waals surface area contributed by atoms with Gasteiger partial charge in [-0.25, -0.2) is 4.98 Å². The predicted octanol–water partition coefficient (Wildman–Crippen LogP) is 0.730. The van der Waals surface area contributed by atoms with E-state index in [1.807, 2.05) is 14.0 Å². The Morgan fingerprint density at radius 2 is 2.22 bits per heavy atom. The molecule has 2 rings (SSSR count). The van der Waals surface area contributed by atoms with Crippen LogP contribution in [0.2, 0.25) is 0 Å². The maximum absolute atomic E-state index is 11.4. The molecular formula is C11H15N5OS. The smallest absolute Gasteiger partial charge is 0.251 e. The molecule has 96 valence electrons. The monoisotopic (exact) mass is 265 g/mol. The number of H-pyrrole nitrogens is 1. The van der Waals surface area contributed by atoms with Crippen molar-refractivity contribution in [2.75, 3.05) is 0 Å². The summed E-state index contributed by atoms with van der Waals surface area (Å²) in [5.41, 5.74) is 8.13. The van der Waals surface area contributed by atoms with Crippen LogP contribution >= 0.6 is 11.8 Å². The van der Waals surface area contributed by atoms with Crippen LogP contribution in [0.5, 0.6) is 0 Å². The van der Waals surface area contributed by atoms with Gasteiger partial charge in [0.15, 0.2) is 5.16 Å². The lowest BCUT2D eigenvalue weighted by Crippen LogP contribution is -2.09. The molecule has 0 saturated carbocycles. The second kappa shape index (κ2) is 4.95. The lowest BCUT2D eigenvalue weighted by atomic mass is 10.3. The number of aryl methyl sites for hydroxylation is 3. The van der Waals surface area contributed by atoms with Gasteiger partial charge in [0.1, 0.15) is 5.03 Å². The van der Waals surface area contributed by atoms with Gasteiger partial charge in [0.25, 0.3) is 5.56 Å². The van der Waals surface area contributed by atoms with Crippen molar-refractivity contribution < 1.29 is 0 Å². The van der Waals surface area contributed by atoms with Gasteiger partial charge in [0.05, 0.1) is 5.69 Å². The van der Waals surface area contributed by atoms with Crippen molar-refractivity contribution in [1.82, 2.24) is 19.7 Å². The van der Waals surface area contributed by atoms with E-state index in [1.165, 1.54) is 17.8 Å². The van der Waals surface area contributed by atoms with E-state index >= 15 is 0 Å². The van der Waals surface area contributed by atoms with Gasteiger partial charge in [-0.05, 0) is 25.6 Å². The van der Waals surface area contributed by atoms with Crippen LogP contribution in [-0.4, -0.2) is 19.7 Å². The summed E-state index contributed by atoms with van der Waals surface area (Å²) in [5.74, 6) is 0. The molecular weight excluding hydrogens is 250 g/mol. The number of aromatic nitrogens is 4. The Balaban J connectivity index is 2.42. The average Bonchev–Trinajstić information content (AvgIpc) is 2.52. The Kier molecular flexibility index (Phi) is 3.53. The molecule has 2 aromatic heterocycles. The molecule has 0 aliphatic heterocycles. The highest BCUT2D eigenvalue weighted by Gasteiger charge is 2.14. The molecule has 0 aliphatic carbocycles. The molecule has 0 spiro atoms. The summed E-state index contributed by atoms with van der Waals surface area (Å²) in [6.07, 6.45) is 0. The molecule has 6 nitrogen and oxygen atoms in total. The molecule has 0 aromatic carbocycles. The molecule has 0 unspecified atom stereocenters. The summed E-state index contributed by atoms with van der Waals surface area (Å²) in [6, 6.07) is 1.46. The van der Waals surface area contributed by atoms with Crippen LogP contribution in [0.1, 0.15) is 17.0 Å². The van der Waals surface area contributed by atoms with Crippen molar-refractivity contribution >= 4 is 11.8 Å². The average molecular weight is 265 g/mol. The van der Waals surface area contributed by atoms with Crippen LogP contribution in [0, 0.1) is 13.8 Å². The standard InChI is InChI=1S/C11H15N5OS/c1-6-4-9(17)14-11(13-6)18-10-8(5-12)7(2)15-16(10)3/h4H,5,12H2,1-3H3,(H,13,14,17). The number of nitrogens with one attached hydrogen (secondary N) is 1. The van der Waals surface area contributed by atoms with E-state index in [1.54, 1.807) is 11.6 Å². The number of hydrogen-bond acceptors (Lipinski definition) is 5. The summed E-state index contributed by atoms with van der Waals surface area (Å²) in [6.45, 7) is 4.12. The highest BCUT2D eigenvalue weighted by atomic mass is 32.2. The molecule has 2 heterocycles. The van der Waals surface area contributed by atoms with Gasteiger partial charge >= 0.3 is 0 Å². The summed E-state index contributed by atoms with van der Waals surface area (Å²) >= 11 is 1.37. The predicted molar refractivity (Wildman–Crippen MR) is 69.6 cm³/mol. The minimum absolute atomic E-state index is 0.154. The number of rotatable bonds is 3. The van der Waals surface area contributed by atoms with Gasteiger partial charge in [-0.1, -0.05) is 0 Å². The summed E-state index contributed by atoms with van der Waals surface area (Å²) in [5, 5.41) is 5.78. The number of aromatic amines is 1. The summed E-state index contributed by atoms with van der Waals surface area (Å²) in [4.78, 5) is 18.4. The van der Waals surface area contributed by atoms with E-state index in [9.17, 15) is 4.79 Å². The van der Waals surface area contributed by atoms with Crippen LogP contribution in [0.4, 0.5) is 0 Å². The molecule has 0 aliphatic rings. The van der Waals surface area contributed by atoms with Gasteiger partial charge in [-0.2, -0.15) is 5.10 Å². The molecule has 3 N–H and O–H groups in total. The highest BCUT2D eigenvalue weighted by molar-refractivity contribution is 7.99. The van der Waals surface area contributed by atoms with Gasteiger partial charge in [-0.15, -0.1) is 0 Å². The SMILES string of the molecule is Cc1cc(=O)[nH]c(Sc2c(CN)c(C)nn2C)n1. The van der Waals surface area contributed by atoms with Gasteiger partial charge in [0, 0.05) is 30.9 Å². The molecule has 0 fully saturated rings. The lowest BCUT2D eigenvalue weighted by molar-refractivity contribution is 0.686. The summed E-state index contributed by atoms with van der Waals surface area (Å²) < 4.78 is 1.75. The third-order valence-corrected chi connectivity index (χ3v) is 3.62. The van der Waals surface area contributed by atoms with Crippen LogP contribution in [0.3, 0.4) is 0 Å². The molecule has 7 heteroatoms. The quantitative estimate of drug-likeness (QED) is 0.799. The fourth-order valence-electron chi connectivity index (χ4n) is 1.74. The highest BCUT2D eigenvalue weighted by Crippen LogP contribution is 2.28. The first-order valence-corrected chi connectivity index (χ1v) is 6.31. The van der Waals surface area contributed by atoms with E-state index in [4.69, 9.17) is 5.73 Å². The Morgan fingerprint density at radius 1 is 1.50 bits per heavy atom. The Bertz CT molecular complexity index is 631. The van der Waals surface area contributed by atoms with Crippen LogP contribution in [0.15, 0.2) is 21.0 Å². The molecule has 0 atom stereocenters. The van der Waals surface area contributed by atoms with E-state index in [-0.39, 0.29) is 5.56 Å². The molecule has 18 heavy (non-hydrogen) atoms. The number of hydrogen-bond donors (Lipinski definition) is 2. The van der Waals surface area contributed by atoms with Crippen LogP contribution in [0.25, 0.3) is 0 Å². The first-order chi connectivity index (χ1) is 8.51. The number of nitrogens with two attached hydrogens (primary N) is 1. The third kappa shape index (κ3) is 2.46. The van der Waals surface area contributed by atoms with Crippen molar-refractivity contribution in [3.63, 3.8) is 0 Å². The van der Waals surface area contributed by atoms with Crippen molar-refractivity contribution in [2.24, 2.45) is 12.8 Å². The molecule has 0 amide bonds. The Morgan fingerprint density at radius 3 is 2.83 bits per heavy atom. The molecule has 2 aromatic rings. The van der Waals surface area contributed by atoms with Crippen molar-refractivity contribution in [1.29, 1.82) is 0 Å². The normalized spacial score (nSPS) is 10.9. The minimum atomic E-state index is -0.154. The summed E-state index contributed by atoms with van der Waals surface area (Å²) in [7, 11) is 1.85. The first-order valence-electron chi connectivity index (χ1n) is 5.49. The van der Waals surface area contributed by atoms with Crippen molar-refractivity contribution in [2.45, 2.75) is 30.6 Å². The lowest BCUT2D eigenvalue weighted by Gasteiger charge is -2.04. The molecule has 0 saturated heterocycles. The molecule has 0 bridgehead atoms. The van der Waals surface area contributed by atoms with Gasteiger partial charge in [0.2, 0.25) is 0 Å². The topological polar surface area (TPSA) is 89.6 Å². The second-order valence-electron chi connectivity index (χ2n) is 3.99. The number of nitrogens with zero attached hydrogens (tertiary/aromatic N) is 3. The van der Waals surface area contributed by atoms with Crippen LogP contribution in [-0.2, 0) is 13.6 Å². The third-order valence-electron chi connectivity index (χ3n) is 2.53. The fraction of sp³-hybridized carbons (Fsp3) is 0.364. The first kappa shape index (κ1) is 12.8. The van der Waals surface area contributed by atoms with E-state index in [0.717, 1.165) is 16.3 Å². The van der Waals surface area contributed by atoms with Crippen LogP contribution < -0.4 is 11.3 Å². The largest absolute Gasteiger partial charge is 0.326 e. The zero-order chi connectivity index (χ0) is 13.3. The minimum Gasteiger partial charge on any atom is -0.326 e. The van der Waals surface area contributed by atoms with Gasteiger partial charge < -0.3 is 10.7 Å². The maximum Gasteiger partial charge on any atom is 0.251 e. The fourth-order valence-corrected chi connectivity index (χ4v) is 2.79. The zero-order valence-electron chi connectivity index (χ0n) is 10.5. The second-order valence-corrected chi connectivity index (χ2v) is 4.97. The van der Waals surface area contributed by atoms with Crippen molar-refractivity contribution in [3.8, 4) is 0 Å².